The van der Waals surface area contributed by atoms with Crippen LogP contribution in [0.3, 0.4) is 0 Å². The van der Waals surface area contributed by atoms with Crippen molar-refractivity contribution < 1.29 is 4.74 Å². The highest BCUT2D eigenvalue weighted by molar-refractivity contribution is 7.80. The van der Waals surface area contributed by atoms with Crippen LogP contribution in [-0.4, -0.2) is 55.1 Å². The maximum atomic E-state index is 5.32. The minimum absolute atomic E-state index is 0.566. The Morgan fingerprint density at radius 3 is 2.86 bits per heavy atom. The van der Waals surface area contributed by atoms with Crippen molar-refractivity contribution in [3.05, 3.63) is 21.9 Å². The lowest BCUT2D eigenvalue weighted by molar-refractivity contribution is 0.0389. The second-order valence-electron chi connectivity index (χ2n) is 4.93. The molecular formula is C14H22N4OS2. The third-order valence-electron chi connectivity index (χ3n) is 3.24. The Hall–Kier alpha value is -1.02. The van der Waals surface area contributed by atoms with Gasteiger partial charge < -0.3 is 10.1 Å². The van der Waals surface area contributed by atoms with Crippen molar-refractivity contribution in [2.24, 2.45) is 5.10 Å². The van der Waals surface area contributed by atoms with E-state index >= 15 is 0 Å². The quantitative estimate of drug-likeness (QED) is 0.489. The average Bonchev–Trinajstić information content (AvgIpc) is 2.92. The van der Waals surface area contributed by atoms with Crippen LogP contribution in [0.25, 0.3) is 0 Å². The molecular weight excluding hydrogens is 304 g/mol. The van der Waals surface area contributed by atoms with Gasteiger partial charge in [0.2, 0.25) is 0 Å². The van der Waals surface area contributed by atoms with Gasteiger partial charge in [-0.15, -0.1) is 11.3 Å². The predicted octanol–water partition coefficient (Wildman–Crippen LogP) is 1.58. The van der Waals surface area contributed by atoms with Crippen LogP contribution in [0.2, 0.25) is 0 Å². The molecule has 1 aliphatic heterocycles. The molecule has 0 bridgehead atoms. The van der Waals surface area contributed by atoms with Gasteiger partial charge in [0, 0.05) is 31.1 Å². The molecule has 1 saturated heterocycles. The minimum atomic E-state index is 0.566. The number of morpholine rings is 1. The molecule has 0 atom stereocenters. The van der Waals surface area contributed by atoms with E-state index in [1.165, 1.54) is 4.88 Å². The highest BCUT2D eigenvalue weighted by atomic mass is 32.1. The Morgan fingerprint density at radius 2 is 2.19 bits per heavy atom. The summed E-state index contributed by atoms with van der Waals surface area (Å²) in [5.74, 6) is 0. The van der Waals surface area contributed by atoms with Crippen molar-refractivity contribution >= 4 is 34.4 Å². The molecule has 2 heterocycles. The number of thiocarbonyl (C=S) groups is 1. The molecule has 21 heavy (non-hydrogen) atoms. The van der Waals surface area contributed by atoms with Crippen LogP contribution in [0, 0.1) is 6.92 Å². The number of hydrogen-bond acceptors (Lipinski definition) is 5. The smallest absolute Gasteiger partial charge is 0.187 e. The zero-order chi connectivity index (χ0) is 15.1. The summed E-state index contributed by atoms with van der Waals surface area (Å²) in [5.41, 5.74) is 3.85. The van der Waals surface area contributed by atoms with Gasteiger partial charge in [-0.2, -0.15) is 5.10 Å². The molecule has 1 fully saturated rings. The lowest BCUT2D eigenvalue weighted by atomic mass is 10.3. The molecule has 1 aliphatic rings. The van der Waals surface area contributed by atoms with Crippen molar-refractivity contribution in [1.29, 1.82) is 0 Å². The fourth-order valence-corrected chi connectivity index (χ4v) is 2.97. The molecule has 0 spiro atoms. The summed E-state index contributed by atoms with van der Waals surface area (Å²) in [6, 6.07) is 4.17. The fourth-order valence-electron chi connectivity index (χ4n) is 2.01. The average molecular weight is 326 g/mol. The summed E-state index contributed by atoms with van der Waals surface area (Å²) in [6.45, 7) is 9.50. The SMILES string of the molecule is C/C(=N/NC(=S)NCCN1CCOCC1)c1ccc(C)s1. The van der Waals surface area contributed by atoms with E-state index in [0.29, 0.717) is 5.11 Å². The second kappa shape index (κ2) is 8.43. The van der Waals surface area contributed by atoms with Crippen molar-refractivity contribution in [2.45, 2.75) is 13.8 Å². The third kappa shape index (κ3) is 5.70. The summed E-state index contributed by atoms with van der Waals surface area (Å²) in [5, 5.41) is 8.05. The van der Waals surface area contributed by atoms with E-state index in [1.807, 2.05) is 6.92 Å². The Balaban J connectivity index is 1.67. The van der Waals surface area contributed by atoms with Crippen LogP contribution in [0.15, 0.2) is 17.2 Å². The first-order valence-electron chi connectivity index (χ1n) is 7.10. The first-order valence-corrected chi connectivity index (χ1v) is 8.32. The van der Waals surface area contributed by atoms with E-state index in [1.54, 1.807) is 11.3 Å². The molecule has 7 heteroatoms. The first-order chi connectivity index (χ1) is 10.1. The molecule has 1 aromatic rings. The Kier molecular flexibility index (Phi) is 6.56. The van der Waals surface area contributed by atoms with Crippen molar-refractivity contribution in [3.63, 3.8) is 0 Å². The highest BCUT2D eigenvalue weighted by Gasteiger charge is 2.09. The number of rotatable bonds is 5. The third-order valence-corrected chi connectivity index (χ3v) is 4.58. The van der Waals surface area contributed by atoms with Crippen LogP contribution >= 0.6 is 23.6 Å². The van der Waals surface area contributed by atoms with Crippen LogP contribution in [-0.2, 0) is 4.74 Å². The summed E-state index contributed by atoms with van der Waals surface area (Å²) in [4.78, 5) is 4.81. The van der Waals surface area contributed by atoms with Gasteiger partial charge in [-0.3, -0.25) is 10.3 Å². The van der Waals surface area contributed by atoms with E-state index in [2.05, 4.69) is 39.8 Å². The number of hydrogen-bond donors (Lipinski definition) is 2. The molecule has 1 aromatic heterocycles. The van der Waals surface area contributed by atoms with Crippen molar-refractivity contribution in [3.8, 4) is 0 Å². The summed E-state index contributed by atoms with van der Waals surface area (Å²) in [6.07, 6.45) is 0. The molecule has 0 radical (unpaired) electrons. The number of nitrogens with one attached hydrogen (secondary N) is 2. The van der Waals surface area contributed by atoms with E-state index in [-0.39, 0.29) is 0 Å². The molecule has 0 amide bonds. The van der Waals surface area contributed by atoms with Crippen LogP contribution in [0.5, 0.6) is 0 Å². The first kappa shape index (κ1) is 16.4. The van der Waals surface area contributed by atoms with Gasteiger partial charge in [0.15, 0.2) is 5.11 Å². The second-order valence-corrected chi connectivity index (χ2v) is 6.63. The molecule has 0 aliphatic carbocycles. The van der Waals surface area contributed by atoms with Gasteiger partial charge in [-0.05, 0) is 38.2 Å². The minimum Gasteiger partial charge on any atom is -0.379 e. The van der Waals surface area contributed by atoms with Gasteiger partial charge in [0.05, 0.1) is 23.8 Å². The molecule has 0 unspecified atom stereocenters. The van der Waals surface area contributed by atoms with E-state index < -0.39 is 0 Å². The van der Waals surface area contributed by atoms with Crippen LogP contribution in [0.4, 0.5) is 0 Å². The predicted molar refractivity (Wildman–Crippen MR) is 92.3 cm³/mol. The highest BCUT2D eigenvalue weighted by Crippen LogP contribution is 2.15. The lowest BCUT2D eigenvalue weighted by Gasteiger charge is -2.26. The molecule has 0 aromatic carbocycles. The molecule has 2 rings (SSSR count). The summed E-state index contributed by atoms with van der Waals surface area (Å²) in [7, 11) is 0. The number of thiophene rings is 1. The van der Waals surface area contributed by atoms with Crippen molar-refractivity contribution in [1.82, 2.24) is 15.6 Å². The standard InChI is InChI=1S/C14H22N4OS2/c1-11-3-4-13(21-11)12(2)16-17-14(20)15-5-6-18-7-9-19-10-8-18/h3-4H,5-10H2,1-2H3,(H2,15,17,20)/b16-12-. The number of nitrogens with zero attached hydrogens (tertiary/aromatic N) is 2. The molecule has 2 N–H and O–H groups in total. The largest absolute Gasteiger partial charge is 0.379 e. The monoisotopic (exact) mass is 326 g/mol. The Bertz CT molecular complexity index is 495. The molecule has 116 valence electrons. The Labute approximate surface area is 135 Å². The van der Waals surface area contributed by atoms with E-state index in [4.69, 9.17) is 17.0 Å². The zero-order valence-electron chi connectivity index (χ0n) is 12.5. The van der Waals surface area contributed by atoms with E-state index in [9.17, 15) is 0 Å². The summed E-state index contributed by atoms with van der Waals surface area (Å²) < 4.78 is 5.32. The number of aryl methyl sites for hydroxylation is 1. The van der Waals surface area contributed by atoms with Crippen molar-refractivity contribution in [2.75, 3.05) is 39.4 Å². The van der Waals surface area contributed by atoms with Gasteiger partial charge in [-0.1, -0.05) is 0 Å². The maximum Gasteiger partial charge on any atom is 0.187 e. The topological polar surface area (TPSA) is 48.9 Å². The number of ether oxygens (including phenoxy) is 1. The van der Waals surface area contributed by atoms with Gasteiger partial charge in [0.1, 0.15) is 0 Å². The van der Waals surface area contributed by atoms with Gasteiger partial charge in [-0.25, -0.2) is 0 Å². The molecule has 0 saturated carbocycles. The summed E-state index contributed by atoms with van der Waals surface area (Å²) >= 11 is 6.96. The normalized spacial score (nSPS) is 16.8. The van der Waals surface area contributed by atoms with Crippen LogP contribution in [0.1, 0.15) is 16.7 Å². The van der Waals surface area contributed by atoms with Gasteiger partial charge in [0.25, 0.3) is 0 Å². The lowest BCUT2D eigenvalue weighted by Crippen LogP contribution is -2.42. The fraction of sp³-hybridized carbons (Fsp3) is 0.571. The van der Waals surface area contributed by atoms with E-state index in [0.717, 1.165) is 50.0 Å². The van der Waals surface area contributed by atoms with Gasteiger partial charge >= 0.3 is 0 Å². The van der Waals surface area contributed by atoms with Crippen LogP contribution < -0.4 is 10.7 Å². The number of hydrazone groups is 1. The molecule has 5 nitrogen and oxygen atoms in total. The zero-order valence-corrected chi connectivity index (χ0v) is 14.1. The Morgan fingerprint density at radius 1 is 1.43 bits per heavy atom. The maximum absolute atomic E-state index is 5.32.